The first kappa shape index (κ1) is 18.9. The fraction of sp³-hybridized carbons (Fsp3) is 0.500. The first-order valence-corrected chi connectivity index (χ1v) is 8.25. The van der Waals surface area contributed by atoms with Crippen LogP contribution in [0, 0.1) is 0 Å². The molecule has 0 spiro atoms. The van der Waals surface area contributed by atoms with Gasteiger partial charge < -0.3 is 19.5 Å². The van der Waals surface area contributed by atoms with Crippen LogP contribution in [0.3, 0.4) is 0 Å². The molecular formula is C18H23NO6. The third kappa shape index (κ3) is 6.54. The molecular weight excluding hydrogens is 326 g/mol. The van der Waals surface area contributed by atoms with Crippen LogP contribution in [0.4, 0.5) is 5.69 Å². The molecule has 1 aromatic carbocycles. The van der Waals surface area contributed by atoms with Crippen LogP contribution in [0.2, 0.25) is 0 Å². The van der Waals surface area contributed by atoms with Crippen molar-refractivity contribution in [3.05, 3.63) is 30.3 Å². The van der Waals surface area contributed by atoms with E-state index in [2.05, 4.69) is 5.32 Å². The number of carbonyl (C=O) groups excluding carboxylic acids is 3. The normalized spacial score (nSPS) is 22.2. The quantitative estimate of drug-likeness (QED) is 0.758. The van der Waals surface area contributed by atoms with Crippen molar-refractivity contribution in [1.82, 2.24) is 0 Å². The maximum Gasteiger partial charge on any atom is 0.302 e. The van der Waals surface area contributed by atoms with Gasteiger partial charge in [0.05, 0.1) is 6.10 Å². The minimum Gasteiger partial charge on any atom is -0.463 e. The van der Waals surface area contributed by atoms with Gasteiger partial charge in [-0.3, -0.25) is 14.4 Å². The van der Waals surface area contributed by atoms with E-state index in [1.165, 1.54) is 13.8 Å². The smallest absolute Gasteiger partial charge is 0.302 e. The highest BCUT2D eigenvalue weighted by Crippen LogP contribution is 2.27. The van der Waals surface area contributed by atoms with Crippen LogP contribution in [0.25, 0.3) is 0 Å². The molecule has 1 aromatic rings. The lowest BCUT2D eigenvalue weighted by molar-refractivity contribution is -0.154. The second kappa shape index (κ2) is 9.17. The summed E-state index contributed by atoms with van der Waals surface area (Å²) in [5.41, 5.74) is 0.741. The molecule has 2 rings (SSSR count). The minimum atomic E-state index is -0.505. The van der Waals surface area contributed by atoms with Gasteiger partial charge >= 0.3 is 11.9 Å². The number of rotatable bonds is 7. The van der Waals surface area contributed by atoms with Gasteiger partial charge in [0.15, 0.2) is 0 Å². The van der Waals surface area contributed by atoms with Crippen LogP contribution in [0.5, 0.6) is 0 Å². The molecule has 0 saturated carbocycles. The number of hydrogen-bond acceptors (Lipinski definition) is 6. The Morgan fingerprint density at radius 1 is 1.16 bits per heavy atom. The molecule has 1 aliphatic rings. The van der Waals surface area contributed by atoms with Gasteiger partial charge in [-0.2, -0.15) is 0 Å². The number of carbonyl (C=O) groups is 3. The minimum absolute atomic E-state index is 0.0278. The van der Waals surface area contributed by atoms with E-state index >= 15 is 0 Å². The standard InChI is InChI=1S/C18H23NO6/c1-12(20)23-11-17-16(24-13(2)21)10-15(25-17)8-9-18(22)19-14-6-4-3-5-7-14/h3-7,15-17H,8-11H2,1-2H3,(H,19,22)/t15?,16-,17+/m0/s1. The summed E-state index contributed by atoms with van der Waals surface area (Å²) < 4.78 is 16.0. The Kier molecular flexibility index (Phi) is 6.94. The summed E-state index contributed by atoms with van der Waals surface area (Å²) in [5.74, 6) is -0.943. The number of benzene rings is 1. The first-order chi connectivity index (χ1) is 11.9. The van der Waals surface area contributed by atoms with Crippen molar-refractivity contribution in [2.45, 2.75) is 51.4 Å². The van der Waals surface area contributed by atoms with E-state index in [1.807, 2.05) is 30.3 Å². The second-order valence-electron chi connectivity index (χ2n) is 5.94. The zero-order valence-corrected chi connectivity index (χ0v) is 14.4. The Morgan fingerprint density at radius 3 is 2.52 bits per heavy atom. The lowest BCUT2D eigenvalue weighted by atomic mass is 10.1. The highest BCUT2D eigenvalue weighted by Gasteiger charge is 2.38. The summed E-state index contributed by atoms with van der Waals surface area (Å²) in [7, 11) is 0. The topological polar surface area (TPSA) is 90.9 Å². The lowest BCUT2D eigenvalue weighted by Crippen LogP contribution is -2.31. The van der Waals surface area contributed by atoms with Crippen LogP contribution < -0.4 is 5.32 Å². The molecule has 1 saturated heterocycles. The van der Waals surface area contributed by atoms with Gasteiger partial charge in [0.1, 0.15) is 18.8 Å². The van der Waals surface area contributed by atoms with Crippen molar-refractivity contribution in [1.29, 1.82) is 0 Å². The molecule has 1 fully saturated rings. The molecule has 1 amide bonds. The number of ether oxygens (including phenoxy) is 3. The third-order valence-corrected chi connectivity index (χ3v) is 3.80. The fourth-order valence-electron chi connectivity index (χ4n) is 2.71. The predicted octanol–water partition coefficient (Wildman–Crippen LogP) is 2.06. The molecule has 25 heavy (non-hydrogen) atoms. The summed E-state index contributed by atoms with van der Waals surface area (Å²) >= 11 is 0. The molecule has 0 aromatic heterocycles. The van der Waals surface area contributed by atoms with Gasteiger partial charge in [-0.05, 0) is 18.6 Å². The second-order valence-corrected chi connectivity index (χ2v) is 5.94. The van der Waals surface area contributed by atoms with Crippen LogP contribution in [0.1, 0.15) is 33.1 Å². The van der Waals surface area contributed by atoms with Crippen molar-refractivity contribution in [3.8, 4) is 0 Å². The number of hydrogen-bond donors (Lipinski definition) is 1. The highest BCUT2D eigenvalue weighted by atomic mass is 16.6. The van der Waals surface area contributed by atoms with E-state index in [0.29, 0.717) is 12.8 Å². The number of nitrogens with one attached hydrogen (secondary N) is 1. The Bertz CT molecular complexity index is 603. The maximum absolute atomic E-state index is 12.0. The molecule has 1 aliphatic heterocycles. The molecule has 0 aliphatic carbocycles. The predicted molar refractivity (Wildman–Crippen MR) is 89.8 cm³/mol. The van der Waals surface area contributed by atoms with Gasteiger partial charge in [-0.25, -0.2) is 0 Å². The summed E-state index contributed by atoms with van der Waals surface area (Å²) in [4.78, 5) is 34.2. The van der Waals surface area contributed by atoms with Gasteiger partial charge in [0, 0.05) is 32.4 Å². The zero-order chi connectivity index (χ0) is 18.2. The Hall–Kier alpha value is -2.41. The molecule has 3 atom stereocenters. The molecule has 1 heterocycles. The van der Waals surface area contributed by atoms with Gasteiger partial charge in [-0.1, -0.05) is 18.2 Å². The fourth-order valence-corrected chi connectivity index (χ4v) is 2.71. The summed E-state index contributed by atoms with van der Waals surface area (Å²) in [5, 5.41) is 2.81. The van der Waals surface area contributed by atoms with E-state index in [4.69, 9.17) is 14.2 Å². The van der Waals surface area contributed by atoms with Gasteiger partial charge in [0.25, 0.3) is 0 Å². The first-order valence-electron chi connectivity index (χ1n) is 8.25. The van der Waals surface area contributed by atoms with E-state index in [-0.39, 0.29) is 25.0 Å². The van der Waals surface area contributed by atoms with Gasteiger partial charge in [-0.15, -0.1) is 0 Å². The SMILES string of the molecule is CC(=O)OC[C@H]1OC(CCC(=O)Nc2ccccc2)C[C@@H]1OC(C)=O. The third-order valence-electron chi connectivity index (χ3n) is 3.80. The molecule has 0 radical (unpaired) electrons. The van der Waals surface area contributed by atoms with E-state index in [0.717, 1.165) is 5.69 Å². The number of para-hydroxylation sites is 1. The van der Waals surface area contributed by atoms with Crippen LogP contribution >= 0.6 is 0 Å². The molecule has 1 unspecified atom stereocenters. The molecule has 136 valence electrons. The highest BCUT2D eigenvalue weighted by molar-refractivity contribution is 5.90. The summed E-state index contributed by atoms with van der Waals surface area (Å²) in [6, 6.07) is 9.20. The summed E-state index contributed by atoms with van der Waals surface area (Å²) in [6.07, 6.45) is 0.0458. The zero-order valence-electron chi connectivity index (χ0n) is 14.4. The van der Waals surface area contributed by atoms with E-state index in [9.17, 15) is 14.4 Å². The van der Waals surface area contributed by atoms with Crippen LogP contribution in [-0.2, 0) is 28.6 Å². The number of amides is 1. The average Bonchev–Trinajstić information content (AvgIpc) is 2.93. The maximum atomic E-state index is 12.0. The van der Waals surface area contributed by atoms with Crippen molar-refractivity contribution >= 4 is 23.5 Å². The van der Waals surface area contributed by atoms with Crippen molar-refractivity contribution in [2.24, 2.45) is 0 Å². The van der Waals surface area contributed by atoms with E-state index in [1.54, 1.807) is 0 Å². The van der Waals surface area contributed by atoms with Crippen molar-refractivity contribution in [3.63, 3.8) is 0 Å². The molecule has 0 bridgehead atoms. The van der Waals surface area contributed by atoms with Crippen molar-refractivity contribution in [2.75, 3.05) is 11.9 Å². The number of anilines is 1. The Balaban J connectivity index is 1.81. The van der Waals surface area contributed by atoms with Crippen LogP contribution in [-0.4, -0.2) is 42.8 Å². The molecule has 7 nitrogen and oxygen atoms in total. The van der Waals surface area contributed by atoms with Crippen LogP contribution in [0.15, 0.2) is 30.3 Å². The Labute approximate surface area is 146 Å². The Morgan fingerprint density at radius 2 is 1.88 bits per heavy atom. The average molecular weight is 349 g/mol. The molecule has 7 heteroatoms. The number of esters is 2. The monoisotopic (exact) mass is 349 g/mol. The van der Waals surface area contributed by atoms with Gasteiger partial charge in [0.2, 0.25) is 5.91 Å². The summed E-state index contributed by atoms with van der Waals surface area (Å²) in [6.45, 7) is 2.66. The lowest BCUT2D eigenvalue weighted by Gasteiger charge is -2.17. The van der Waals surface area contributed by atoms with E-state index < -0.39 is 24.1 Å². The largest absolute Gasteiger partial charge is 0.463 e. The van der Waals surface area contributed by atoms with Crippen molar-refractivity contribution < 1.29 is 28.6 Å². The molecule has 1 N–H and O–H groups in total.